The summed E-state index contributed by atoms with van der Waals surface area (Å²) < 4.78 is 0. The first kappa shape index (κ1) is 19.9. The Hall–Kier alpha value is -3.05. The maximum absolute atomic E-state index is 13.1. The van der Waals surface area contributed by atoms with Crippen LogP contribution in [-0.2, 0) is 12.8 Å². The molecule has 1 amide bonds. The van der Waals surface area contributed by atoms with E-state index in [2.05, 4.69) is 33.1 Å². The van der Waals surface area contributed by atoms with Crippen LogP contribution in [0.1, 0.15) is 40.7 Å². The van der Waals surface area contributed by atoms with E-state index in [1.165, 1.54) is 30.4 Å². The number of carbonyl (C=O) groups is 1. The number of benzene rings is 2. The molecule has 0 spiro atoms. The van der Waals surface area contributed by atoms with E-state index in [0.29, 0.717) is 5.56 Å². The van der Waals surface area contributed by atoms with Crippen LogP contribution < -0.4 is 4.90 Å². The van der Waals surface area contributed by atoms with Gasteiger partial charge in [0.2, 0.25) is 0 Å². The van der Waals surface area contributed by atoms with Gasteiger partial charge in [0.25, 0.3) is 5.91 Å². The van der Waals surface area contributed by atoms with Crippen molar-refractivity contribution >= 4 is 11.6 Å². The fourth-order valence-electron chi connectivity index (χ4n) is 4.60. The van der Waals surface area contributed by atoms with Gasteiger partial charge in [-0.15, -0.1) is 0 Å². The third kappa shape index (κ3) is 4.10. The van der Waals surface area contributed by atoms with Crippen molar-refractivity contribution in [2.24, 2.45) is 0 Å². The van der Waals surface area contributed by atoms with Crippen molar-refractivity contribution in [3.63, 3.8) is 0 Å². The van der Waals surface area contributed by atoms with Crippen LogP contribution in [0.2, 0.25) is 0 Å². The lowest BCUT2D eigenvalue weighted by molar-refractivity contribution is 0.0993. The molecule has 0 saturated heterocycles. The van der Waals surface area contributed by atoms with Crippen molar-refractivity contribution < 1.29 is 4.79 Å². The summed E-state index contributed by atoms with van der Waals surface area (Å²) in [6.07, 6.45) is 11.3. The SMILES string of the molecule is CN(C(=O)c1ccc(-c2cnccn2)cc1)c1ccc2c(c1)CCN(C1CCC1)CC2. The molecule has 1 saturated carbocycles. The first-order valence-electron chi connectivity index (χ1n) is 11.2. The molecule has 0 unspecified atom stereocenters. The van der Waals surface area contributed by atoms with E-state index in [4.69, 9.17) is 0 Å². The molecular weight excluding hydrogens is 384 g/mol. The van der Waals surface area contributed by atoms with Crippen LogP contribution in [0.3, 0.4) is 0 Å². The van der Waals surface area contributed by atoms with Crippen LogP contribution in [0.25, 0.3) is 11.3 Å². The lowest BCUT2D eigenvalue weighted by Crippen LogP contribution is -2.41. The molecule has 5 nitrogen and oxygen atoms in total. The number of amides is 1. The Labute approximate surface area is 183 Å². The summed E-state index contributed by atoms with van der Waals surface area (Å²) in [5.41, 5.74) is 6.20. The molecule has 1 fully saturated rings. The Bertz CT molecular complexity index is 1060. The van der Waals surface area contributed by atoms with Crippen LogP contribution in [0.4, 0.5) is 5.69 Å². The zero-order valence-corrected chi connectivity index (χ0v) is 18.0. The van der Waals surface area contributed by atoms with Crippen molar-refractivity contribution in [1.82, 2.24) is 14.9 Å². The minimum absolute atomic E-state index is 0.00429. The standard InChI is InChI=1S/C26H28N4O/c1-29(26(31)21-7-5-20(6-8-21)25-18-27-13-14-28-25)24-10-9-19-11-15-30(23-3-2-4-23)16-12-22(19)17-24/h5-10,13-14,17-18,23H,2-4,11-12,15-16H2,1H3. The Morgan fingerprint density at radius 1 is 1.00 bits per heavy atom. The number of hydrogen-bond acceptors (Lipinski definition) is 4. The summed E-state index contributed by atoms with van der Waals surface area (Å²) in [5, 5.41) is 0. The first-order valence-corrected chi connectivity index (χ1v) is 11.2. The fourth-order valence-corrected chi connectivity index (χ4v) is 4.60. The van der Waals surface area contributed by atoms with Crippen molar-refractivity contribution in [3.05, 3.63) is 77.7 Å². The normalized spacial score (nSPS) is 16.8. The highest BCUT2D eigenvalue weighted by Gasteiger charge is 2.26. The zero-order valence-electron chi connectivity index (χ0n) is 18.0. The molecule has 2 aromatic carbocycles. The average molecular weight is 413 g/mol. The van der Waals surface area contributed by atoms with Crippen LogP contribution >= 0.6 is 0 Å². The molecule has 2 heterocycles. The van der Waals surface area contributed by atoms with E-state index in [1.807, 2.05) is 31.3 Å². The van der Waals surface area contributed by atoms with E-state index in [9.17, 15) is 4.79 Å². The van der Waals surface area contributed by atoms with Gasteiger partial charge < -0.3 is 4.90 Å². The van der Waals surface area contributed by atoms with Crippen molar-refractivity contribution in [1.29, 1.82) is 0 Å². The number of hydrogen-bond donors (Lipinski definition) is 0. The molecule has 1 aromatic heterocycles. The molecule has 31 heavy (non-hydrogen) atoms. The molecule has 5 rings (SSSR count). The van der Waals surface area contributed by atoms with Crippen molar-refractivity contribution in [2.45, 2.75) is 38.1 Å². The molecule has 0 N–H and O–H groups in total. The lowest BCUT2D eigenvalue weighted by atomic mass is 9.91. The molecule has 5 heteroatoms. The highest BCUT2D eigenvalue weighted by atomic mass is 16.2. The topological polar surface area (TPSA) is 49.3 Å². The second kappa shape index (κ2) is 8.60. The lowest BCUT2D eigenvalue weighted by Gasteiger charge is -2.36. The first-order chi connectivity index (χ1) is 15.2. The van der Waals surface area contributed by atoms with E-state index in [-0.39, 0.29) is 5.91 Å². The predicted molar refractivity (Wildman–Crippen MR) is 123 cm³/mol. The smallest absolute Gasteiger partial charge is 0.258 e. The minimum atomic E-state index is -0.00429. The third-order valence-electron chi connectivity index (χ3n) is 6.80. The average Bonchev–Trinajstić information content (AvgIpc) is 3.00. The maximum Gasteiger partial charge on any atom is 0.258 e. The summed E-state index contributed by atoms with van der Waals surface area (Å²) in [6.45, 7) is 2.28. The van der Waals surface area contributed by atoms with Gasteiger partial charge in [-0.2, -0.15) is 0 Å². The Morgan fingerprint density at radius 2 is 1.77 bits per heavy atom. The monoisotopic (exact) mass is 412 g/mol. The molecule has 0 radical (unpaired) electrons. The molecule has 158 valence electrons. The van der Waals surface area contributed by atoms with Gasteiger partial charge in [-0.05, 0) is 61.1 Å². The molecule has 2 aliphatic rings. The number of carbonyl (C=O) groups excluding carboxylic acids is 1. The molecule has 1 aliphatic heterocycles. The summed E-state index contributed by atoms with van der Waals surface area (Å²) in [4.78, 5) is 26.0. The summed E-state index contributed by atoms with van der Waals surface area (Å²) in [7, 11) is 1.86. The summed E-state index contributed by atoms with van der Waals surface area (Å²) >= 11 is 0. The Balaban J connectivity index is 1.30. The molecule has 0 atom stereocenters. The van der Waals surface area contributed by atoms with Gasteiger partial charge in [0.05, 0.1) is 11.9 Å². The van der Waals surface area contributed by atoms with Crippen LogP contribution in [0, 0.1) is 0 Å². The number of anilines is 1. The molecule has 1 aliphatic carbocycles. The van der Waals surface area contributed by atoms with Gasteiger partial charge >= 0.3 is 0 Å². The Kier molecular flexibility index (Phi) is 5.51. The van der Waals surface area contributed by atoms with Gasteiger partial charge in [-0.25, -0.2) is 0 Å². The van der Waals surface area contributed by atoms with Crippen molar-refractivity contribution in [3.8, 4) is 11.3 Å². The highest BCUT2D eigenvalue weighted by molar-refractivity contribution is 6.06. The number of fused-ring (bicyclic) bond motifs is 1. The predicted octanol–water partition coefficient (Wildman–Crippen LogP) is 4.37. The van der Waals surface area contributed by atoms with Gasteiger partial charge in [-0.1, -0.05) is 24.6 Å². The van der Waals surface area contributed by atoms with Crippen LogP contribution in [0.15, 0.2) is 61.1 Å². The van der Waals surface area contributed by atoms with E-state index in [0.717, 1.165) is 48.9 Å². The van der Waals surface area contributed by atoms with Gasteiger partial charge in [0.1, 0.15) is 0 Å². The second-order valence-electron chi connectivity index (χ2n) is 8.61. The second-order valence-corrected chi connectivity index (χ2v) is 8.61. The molecule has 3 aromatic rings. The maximum atomic E-state index is 13.1. The van der Waals surface area contributed by atoms with E-state index in [1.54, 1.807) is 23.5 Å². The van der Waals surface area contributed by atoms with E-state index >= 15 is 0 Å². The molecular formula is C26H28N4O. The van der Waals surface area contributed by atoms with Gasteiger partial charge in [0.15, 0.2) is 0 Å². The largest absolute Gasteiger partial charge is 0.311 e. The number of rotatable bonds is 4. The fraction of sp³-hybridized carbons (Fsp3) is 0.346. The number of nitrogens with zero attached hydrogens (tertiary/aromatic N) is 4. The van der Waals surface area contributed by atoms with Crippen LogP contribution in [-0.4, -0.2) is 47.0 Å². The van der Waals surface area contributed by atoms with Gasteiger partial charge in [-0.3, -0.25) is 19.7 Å². The quantitative estimate of drug-likeness (QED) is 0.638. The Morgan fingerprint density at radius 3 is 2.45 bits per heavy atom. The number of aromatic nitrogens is 2. The third-order valence-corrected chi connectivity index (χ3v) is 6.80. The molecule has 0 bridgehead atoms. The summed E-state index contributed by atoms with van der Waals surface area (Å²) in [5.74, 6) is -0.00429. The zero-order chi connectivity index (χ0) is 21.2. The van der Waals surface area contributed by atoms with E-state index < -0.39 is 0 Å². The van der Waals surface area contributed by atoms with Gasteiger partial charge in [0, 0.05) is 55.4 Å². The minimum Gasteiger partial charge on any atom is -0.311 e. The highest BCUT2D eigenvalue weighted by Crippen LogP contribution is 2.29. The summed E-state index contributed by atoms with van der Waals surface area (Å²) in [6, 6.07) is 14.9. The van der Waals surface area contributed by atoms with Crippen molar-refractivity contribution in [2.75, 3.05) is 25.0 Å². The van der Waals surface area contributed by atoms with Crippen LogP contribution in [0.5, 0.6) is 0 Å².